The molecule has 2 nitrogen and oxygen atoms in total. The van der Waals surface area contributed by atoms with Gasteiger partial charge in [-0.1, -0.05) is 0 Å². The maximum atomic E-state index is 6.32. The van der Waals surface area contributed by atoms with Gasteiger partial charge in [-0.05, 0) is 30.4 Å². The van der Waals surface area contributed by atoms with Crippen LogP contribution in [-0.2, 0) is 4.84 Å². The standard InChI is InChI=1S/C6H11Cl2NOSi/c1-9-10-5-3-4-6-11(2,7)8/h3-6H2,2H3. The van der Waals surface area contributed by atoms with Crippen molar-refractivity contribution < 1.29 is 4.84 Å². The van der Waals surface area contributed by atoms with E-state index >= 15 is 0 Å². The first-order valence-electron chi connectivity index (χ1n) is 3.43. The van der Waals surface area contributed by atoms with Crippen molar-refractivity contribution in [3.8, 4) is 0 Å². The third-order valence-corrected chi connectivity index (χ3v) is 3.53. The normalized spacial score (nSPS) is 10.7. The quantitative estimate of drug-likeness (QED) is 0.224. The summed E-state index contributed by atoms with van der Waals surface area (Å²) in [6.45, 7) is 6.80. The molecule has 0 fully saturated rings. The van der Waals surface area contributed by atoms with Gasteiger partial charge in [0.25, 0.3) is 0 Å². The smallest absolute Gasteiger partial charge is 0.199 e. The lowest BCUT2D eigenvalue weighted by Gasteiger charge is -2.07. The second kappa shape index (κ2) is 5.70. The second-order valence-electron chi connectivity index (χ2n) is 2.45. The van der Waals surface area contributed by atoms with Gasteiger partial charge in [-0.2, -0.15) is 11.4 Å². The van der Waals surface area contributed by atoms with Gasteiger partial charge in [-0.3, -0.25) is 0 Å². The lowest BCUT2D eigenvalue weighted by Crippen LogP contribution is -2.11. The van der Waals surface area contributed by atoms with Crippen LogP contribution in [0, 0.1) is 6.57 Å². The van der Waals surface area contributed by atoms with Gasteiger partial charge in [-0.25, -0.2) is 0 Å². The lowest BCUT2D eigenvalue weighted by molar-refractivity contribution is 0.237. The van der Waals surface area contributed by atoms with E-state index in [1.807, 2.05) is 6.55 Å². The Kier molecular flexibility index (Phi) is 5.75. The topological polar surface area (TPSA) is 13.6 Å². The number of unbranched alkanes of at least 4 members (excludes halogenated alkanes) is 1. The molecule has 0 amide bonds. The van der Waals surface area contributed by atoms with Crippen LogP contribution in [-0.4, -0.2) is 13.3 Å². The summed E-state index contributed by atoms with van der Waals surface area (Å²) in [5.41, 5.74) is 0. The van der Waals surface area contributed by atoms with Gasteiger partial charge < -0.3 is 0 Å². The van der Waals surface area contributed by atoms with Crippen LogP contribution in [0.15, 0.2) is 0 Å². The van der Waals surface area contributed by atoms with E-state index in [0.717, 1.165) is 18.9 Å². The molecule has 0 saturated carbocycles. The van der Waals surface area contributed by atoms with E-state index in [1.54, 1.807) is 0 Å². The molecule has 5 heteroatoms. The van der Waals surface area contributed by atoms with Gasteiger partial charge in [-0.15, -0.1) is 22.2 Å². The monoisotopic (exact) mass is 211 g/mol. The van der Waals surface area contributed by atoms with Crippen LogP contribution in [0.3, 0.4) is 0 Å². The maximum absolute atomic E-state index is 6.32. The highest BCUT2D eigenvalue weighted by atomic mass is 35.7. The number of nitrogens with zero attached hydrogens (tertiary/aromatic N) is 1. The molecule has 0 aliphatic heterocycles. The zero-order valence-corrected chi connectivity index (χ0v) is 8.95. The summed E-state index contributed by atoms with van der Waals surface area (Å²) in [6, 6.07) is 0.872. The van der Waals surface area contributed by atoms with Gasteiger partial charge in [0.1, 0.15) is 0 Å². The van der Waals surface area contributed by atoms with Crippen molar-refractivity contribution in [1.82, 2.24) is 0 Å². The predicted octanol–water partition coefficient (Wildman–Crippen LogP) is 3.17. The summed E-state index contributed by atoms with van der Waals surface area (Å²) >= 11 is 11.7. The number of rotatable bonds is 5. The minimum atomic E-state index is -1.91. The molecule has 11 heavy (non-hydrogen) atoms. The molecule has 0 unspecified atom stereocenters. The molecule has 0 aromatic rings. The molecule has 0 atom stereocenters. The summed E-state index contributed by atoms with van der Waals surface area (Å²) in [7, 11) is 0. The molecule has 0 aliphatic carbocycles. The van der Waals surface area contributed by atoms with Gasteiger partial charge in [0, 0.05) is 0 Å². The summed E-state index contributed by atoms with van der Waals surface area (Å²) in [4.78, 5) is 4.47. The van der Waals surface area contributed by atoms with Crippen molar-refractivity contribution in [1.29, 1.82) is 0 Å². The molecule has 0 N–H and O–H groups in total. The van der Waals surface area contributed by atoms with Crippen LogP contribution >= 0.6 is 22.2 Å². The molecule has 0 rings (SSSR count). The van der Waals surface area contributed by atoms with Crippen LogP contribution in [0.2, 0.25) is 12.6 Å². The first kappa shape index (κ1) is 11.1. The molecule has 0 aromatic heterocycles. The average Bonchev–Trinajstić information content (AvgIpc) is 1.85. The first-order chi connectivity index (χ1) is 5.06. The van der Waals surface area contributed by atoms with E-state index in [1.165, 1.54) is 0 Å². The Hall–Kier alpha value is 0.0869. The Morgan fingerprint density at radius 1 is 1.45 bits per heavy atom. The van der Waals surface area contributed by atoms with Gasteiger partial charge in [0.05, 0.1) is 0 Å². The van der Waals surface area contributed by atoms with Crippen molar-refractivity contribution in [2.24, 2.45) is 0 Å². The van der Waals surface area contributed by atoms with Crippen LogP contribution in [0.4, 0.5) is 0 Å². The van der Waals surface area contributed by atoms with E-state index in [-0.39, 0.29) is 0 Å². The highest BCUT2D eigenvalue weighted by molar-refractivity contribution is 7.44. The molecule has 0 radical (unpaired) electrons. The molecule has 0 aromatic carbocycles. The molecular weight excluding hydrogens is 201 g/mol. The largest absolute Gasteiger partial charge is 0.248 e. The molecule has 0 spiro atoms. The third-order valence-electron chi connectivity index (χ3n) is 1.17. The fourth-order valence-electron chi connectivity index (χ4n) is 0.648. The molecule has 0 heterocycles. The third kappa shape index (κ3) is 10.1. The van der Waals surface area contributed by atoms with Crippen LogP contribution < -0.4 is 0 Å². The van der Waals surface area contributed by atoms with Crippen molar-refractivity contribution in [3.05, 3.63) is 11.6 Å². The fraction of sp³-hybridized carbons (Fsp3) is 0.833. The van der Waals surface area contributed by atoms with Gasteiger partial charge in [0.15, 0.2) is 6.61 Å². The van der Waals surface area contributed by atoms with Crippen LogP contribution in [0.1, 0.15) is 12.8 Å². The van der Waals surface area contributed by atoms with E-state index in [4.69, 9.17) is 28.7 Å². The van der Waals surface area contributed by atoms with Crippen molar-refractivity contribution in [3.63, 3.8) is 0 Å². The van der Waals surface area contributed by atoms with Crippen molar-refractivity contribution in [2.75, 3.05) is 6.61 Å². The van der Waals surface area contributed by atoms with Crippen molar-refractivity contribution >= 4 is 28.9 Å². The Morgan fingerprint density at radius 2 is 2.09 bits per heavy atom. The molecule has 0 aliphatic rings. The summed E-state index contributed by atoms with van der Waals surface area (Å²) in [5, 5.41) is 2.77. The number of hydrogen-bond donors (Lipinski definition) is 0. The number of hydrogen-bond acceptors (Lipinski definition) is 1. The summed E-state index contributed by atoms with van der Waals surface area (Å²) < 4.78 is 0. The Morgan fingerprint density at radius 3 is 2.55 bits per heavy atom. The number of halogens is 2. The summed E-state index contributed by atoms with van der Waals surface area (Å²) in [5.74, 6) is 0. The Balaban J connectivity index is 3.10. The lowest BCUT2D eigenvalue weighted by atomic mass is 10.4. The maximum Gasteiger partial charge on any atom is 0.248 e. The minimum Gasteiger partial charge on any atom is -0.199 e. The zero-order valence-electron chi connectivity index (χ0n) is 6.44. The summed E-state index contributed by atoms with van der Waals surface area (Å²) in [6.07, 6.45) is 1.82. The molecule has 0 bridgehead atoms. The fourth-order valence-corrected chi connectivity index (χ4v) is 2.32. The Labute approximate surface area is 77.6 Å². The Bertz CT molecular complexity index is 140. The van der Waals surface area contributed by atoms with Crippen molar-refractivity contribution in [2.45, 2.75) is 25.4 Å². The minimum absolute atomic E-state index is 0.488. The molecule has 0 saturated heterocycles. The van der Waals surface area contributed by atoms with Crippen LogP contribution in [0.25, 0.3) is 5.01 Å². The van der Waals surface area contributed by atoms with Gasteiger partial charge in [0.2, 0.25) is 6.69 Å². The predicted molar refractivity (Wildman–Crippen MR) is 49.9 cm³/mol. The van der Waals surface area contributed by atoms with E-state index in [0.29, 0.717) is 6.61 Å². The molecule has 64 valence electrons. The van der Waals surface area contributed by atoms with E-state index in [9.17, 15) is 0 Å². The zero-order chi connectivity index (χ0) is 8.74. The van der Waals surface area contributed by atoms with Gasteiger partial charge >= 0.3 is 0 Å². The first-order valence-corrected chi connectivity index (χ1v) is 8.16. The van der Waals surface area contributed by atoms with E-state index < -0.39 is 6.69 Å². The average molecular weight is 212 g/mol. The highest BCUT2D eigenvalue weighted by Gasteiger charge is 2.19. The van der Waals surface area contributed by atoms with E-state index in [2.05, 4.69) is 9.85 Å². The molecular formula is C6H11Cl2NOSi. The SMILES string of the molecule is [C-]#[N+]OCCCC[Si](C)(Cl)Cl. The second-order valence-corrected chi connectivity index (χ2v) is 10.7. The van der Waals surface area contributed by atoms with Crippen LogP contribution in [0.5, 0.6) is 0 Å². The highest BCUT2D eigenvalue weighted by Crippen LogP contribution is 2.22.